The van der Waals surface area contributed by atoms with E-state index in [1.165, 1.54) is 0 Å². The van der Waals surface area contributed by atoms with Gasteiger partial charge in [0.25, 0.3) is 0 Å². The Morgan fingerprint density at radius 2 is 2.22 bits per heavy atom. The zero-order valence-electron chi connectivity index (χ0n) is 9.78. The summed E-state index contributed by atoms with van der Waals surface area (Å²) in [5, 5.41) is 0.601. The third kappa shape index (κ3) is 2.83. The molecule has 0 aliphatic carbocycles. The van der Waals surface area contributed by atoms with Crippen molar-refractivity contribution in [1.29, 1.82) is 0 Å². The second kappa shape index (κ2) is 5.69. The summed E-state index contributed by atoms with van der Waals surface area (Å²) in [4.78, 5) is 4.19. The maximum atomic E-state index is 6.06. The van der Waals surface area contributed by atoms with E-state index in [9.17, 15) is 0 Å². The first-order valence-electron chi connectivity index (χ1n) is 5.39. The van der Waals surface area contributed by atoms with Crippen LogP contribution in [0.2, 0.25) is 5.02 Å². The van der Waals surface area contributed by atoms with Gasteiger partial charge in [-0.25, -0.2) is 4.98 Å². The summed E-state index contributed by atoms with van der Waals surface area (Å²) in [6.45, 7) is 2.30. The molecule has 0 unspecified atom stereocenters. The molecule has 1 aromatic carbocycles. The Balaban J connectivity index is 2.34. The lowest BCUT2D eigenvalue weighted by Crippen LogP contribution is -2.01. The molecule has 5 heteroatoms. The molecule has 2 aromatic rings. The average molecular weight is 328 g/mol. The predicted octanol–water partition coefficient (Wildman–Crippen LogP) is 4.06. The summed E-state index contributed by atoms with van der Waals surface area (Å²) >= 11 is 9.46. The van der Waals surface area contributed by atoms with Gasteiger partial charge in [-0.05, 0) is 40.5 Å². The Bertz CT molecular complexity index is 575. The number of benzene rings is 1. The van der Waals surface area contributed by atoms with E-state index in [-0.39, 0.29) is 0 Å². The van der Waals surface area contributed by atoms with E-state index in [0.29, 0.717) is 23.2 Å². The zero-order chi connectivity index (χ0) is 13.1. The van der Waals surface area contributed by atoms with Crippen LogP contribution in [-0.2, 0) is 6.54 Å². The fourth-order valence-electron chi connectivity index (χ4n) is 1.51. The number of hydrogen-bond acceptors (Lipinski definition) is 3. The van der Waals surface area contributed by atoms with Crippen molar-refractivity contribution in [1.82, 2.24) is 4.98 Å². The van der Waals surface area contributed by atoms with Crippen LogP contribution in [0.25, 0.3) is 0 Å². The standard InChI is InChI=1S/C13H12BrClN2O/c1-8-5-13(17-7-10(8)14)18-12-4-2-3-11(15)9(12)6-16/h2-5,7H,6,16H2,1H3. The lowest BCUT2D eigenvalue weighted by atomic mass is 10.2. The molecule has 0 amide bonds. The van der Waals surface area contributed by atoms with Crippen LogP contribution in [0.5, 0.6) is 11.6 Å². The molecule has 0 saturated heterocycles. The first-order chi connectivity index (χ1) is 8.61. The van der Waals surface area contributed by atoms with Gasteiger partial charge in [0.15, 0.2) is 0 Å². The average Bonchev–Trinajstić information content (AvgIpc) is 2.34. The first-order valence-corrected chi connectivity index (χ1v) is 6.56. The van der Waals surface area contributed by atoms with Crippen LogP contribution in [0.1, 0.15) is 11.1 Å². The molecule has 1 aromatic heterocycles. The summed E-state index contributed by atoms with van der Waals surface area (Å²) in [6, 6.07) is 7.29. The highest BCUT2D eigenvalue weighted by molar-refractivity contribution is 9.10. The van der Waals surface area contributed by atoms with Gasteiger partial charge in [0, 0.05) is 33.9 Å². The smallest absolute Gasteiger partial charge is 0.219 e. The largest absolute Gasteiger partial charge is 0.439 e. The molecule has 1 heterocycles. The van der Waals surface area contributed by atoms with Crippen LogP contribution in [0.4, 0.5) is 0 Å². The number of ether oxygens (including phenoxy) is 1. The van der Waals surface area contributed by atoms with Crippen molar-refractivity contribution in [2.75, 3.05) is 0 Å². The van der Waals surface area contributed by atoms with Gasteiger partial charge in [-0.1, -0.05) is 17.7 Å². The van der Waals surface area contributed by atoms with E-state index in [0.717, 1.165) is 15.6 Å². The minimum Gasteiger partial charge on any atom is -0.439 e. The molecule has 0 saturated carbocycles. The van der Waals surface area contributed by atoms with Gasteiger partial charge in [0.05, 0.1) is 0 Å². The lowest BCUT2D eigenvalue weighted by molar-refractivity contribution is 0.456. The molecule has 3 nitrogen and oxygen atoms in total. The number of hydrogen-bond donors (Lipinski definition) is 1. The summed E-state index contributed by atoms with van der Waals surface area (Å²) in [6.07, 6.45) is 1.71. The Kier molecular flexibility index (Phi) is 4.22. The molecule has 2 N–H and O–H groups in total. The SMILES string of the molecule is Cc1cc(Oc2cccc(Cl)c2CN)ncc1Br. The molecule has 0 fully saturated rings. The van der Waals surface area contributed by atoms with E-state index >= 15 is 0 Å². The van der Waals surface area contributed by atoms with Gasteiger partial charge in [0.2, 0.25) is 5.88 Å². The number of nitrogens with two attached hydrogens (primary N) is 1. The van der Waals surface area contributed by atoms with Gasteiger partial charge < -0.3 is 10.5 Å². The minimum atomic E-state index is 0.324. The number of nitrogens with zero attached hydrogens (tertiary/aromatic N) is 1. The topological polar surface area (TPSA) is 48.1 Å². The molecule has 94 valence electrons. The number of rotatable bonds is 3. The molecular formula is C13H12BrClN2O. The quantitative estimate of drug-likeness (QED) is 0.925. The Morgan fingerprint density at radius 3 is 2.89 bits per heavy atom. The summed E-state index contributed by atoms with van der Waals surface area (Å²) in [7, 11) is 0. The van der Waals surface area contributed by atoms with Gasteiger partial charge >= 0.3 is 0 Å². The molecular weight excluding hydrogens is 316 g/mol. The molecule has 2 rings (SSSR count). The fourth-order valence-corrected chi connectivity index (χ4v) is 1.97. The van der Waals surface area contributed by atoms with Gasteiger partial charge in [-0.15, -0.1) is 0 Å². The summed E-state index contributed by atoms with van der Waals surface area (Å²) < 4.78 is 6.67. The van der Waals surface area contributed by atoms with E-state index in [1.54, 1.807) is 12.3 Å². The van der Waals surface area contributed by atoms with Gasteiger partial charge in [-0.2, -0.15) is 0 Å². The van der Waals surface area contributed by atoms with Crippen LogP contribution in [0, 0.1) is 6.92 Å². The maximum Gasteiger partial charge on any atom is 0.219 e. The molecule has 0 aliphatic rings. The third-order valence-electron chi connectivity index (χ3n) is 2.52. The van der Waals surface area contributed by atoms with Crippen molar-refractivity contribution in [2.24, 2.45) is 5.73 Å². The Labute approximate surface area is 119 Å². The van der Waals surface area contributed by atoms with Crippen molar-refractivity contribution < 1.29 is 4.74 Å². The number of halogens is 2. The van der Waals surface area contributed by atoms with Gasteiger partial charge in [0.1, 0.15) is 5.75 Å². The van der Waals surface area contributed by atoms with Crippen LogP contribution in [-0.4, -0.2) is 4.98 Å². The van der Waals surface area contributed by atoms with Crippen LogP contribution >= 0.6 is 27.5 Å². The Morgan fingerprint density at radius 1 is 1.44 bits per heavy atom. The second-order valence-corrected chi connectivity index (χ2v) is 5.06. The summed E-state index contributed by atoms with van der Waals surface area (Å²) in [5.41, 5.74) is 7.50. The van der Waals surface area contributed by atoms with Crippen molar-refractivity contribution in [3.8, 4) is 11.6 Å². The van der Waals surface area contributed by atoms with Crippen molar-refractivity contribution in [2.45, 2.75) is 13.5 Å². The highest BCUT2D eigenvalue weighted by atomic mass is 79.9. The molecule has 0 aliphatic heterocycles. The maximum absolute atomic E-state index is 6.06. The van der Waals surface area contributed by atoms with E-state index < -0.39 is 0 Å². The van der Waals surface area contributed by atoms with Crippen LogP contribution < -0.4 is 10.5 Å². The number of aromatic nitrogens is 1. The molecule has 0 spiro atoms. The molecule has 0 radical (unpaired) electrons. The number of aryl methyl sites for hydroxylation is 1. The lowest BCUT2D eigenvalue weighted by Gasteiger charge is -2.11. The van der Waals surface area contributed by atoms with E-state index in [1.807, 2.05) is 25.1 Å². The fraction of sp³-hybridized carbons (Fsp3) is 0.154. The van der Waals surface area contributed by atoms with Crippen molar-refractivity contribution in [3.05, 3.63) is 51.1 Å². The zero-order valence-corrected chi connectivity index (χ0v) is 12.1. The second-order valence-electron chi connectivity index (χ2n) is 3.79. The van der Waals surface area contributed by atoms with E-state index in [2.05, 4.69) is 20.9 Å². The molecule has 0 atom stereocenters. The third-order valence-corrected chi connectivity index (χ3v) is 3.70. The first kappa shape index (κ1) is 13.3. The van der Waals surface area contributed by atoms with Crippen LogP contribution in [0.3, 0.4) is 0 Å². The highest BCUT2D eigenvalue weighted by Crippen LogP contribution is 2.30. The number of pyridine rings is 1. The van der Waals surface area contributed by atoms with Crippen molar-refractivity contribution in [3.63, 3.8) is 0 Å². The highest BCUT2D eigenvalue weighted by Gasteiger charge is 2.08. The van der Waals surface area contributed by atoms with Crippen molar-refractivity contribution >= 4 is 27.5 Å². The normalized spacial score (nSPS) is 10.4. The molecule has 0 bridgehead atoms. The summed E-state index contributed by atoms with van der Waals surface area (Å²) in [5.74, 6) is 1.16. The Hall–Kier alpha value is -1.10. The minimum absolute atomic E-state index is 0.324. The molecule has 18 heavy (non-hydrogen) atoms. The van der Waals surface area contributed by atoms with E-state index in [4.69, 9.17) is 22.1 Å². The van der Waals surface area contributed by atoms with Gasteiger partial charge in [-0.3, -0.25) is 0 Å². The predicted molar refractivity (Wildman–Crippen MR) is 76.1 cm³/mol. The monoisotopic (exact) mass is 326 g/mol. The van der Waals surface area contributed by atoms with Crippen LogP contribution in [0.15, 0.2) is 34.9 Å².